The minimum Gasteiger partial charge on any atom is -0.480 e. The quantitative estimate of drug-likeness (QED) is 0.682. The van der Waals surface area contributed by atoms with Gasteiger partial charge in [-0.1, -0.05) is 36.9 Å². The average Bonchev–Trinajstić information content (AvgIpc) is 3.09. The molecule has 130 valence electrons. The summed E-state index contributed by atoms with van der Waals surface area (Å²) >= 11 is 6.36. The molecule has 0 radical (unpaired) electrons. The van der Waals surface area contributed by atoms with E-state index in [2.05, 4.69) is 15.1 Å². The van der Waals surface area contributed by atoms with E-state index in [9.17, 15) is 4.39 Å². The van der Waals surface area contributed by atoms with Crippen LogP contribution in [0.4, 0.5) is 4.39 Å². The highest BCUT2D eigenvalue weighted by atomic mass is 35.5. The first-order chi connectivity index (χ1) is 12.2. The molecule has 0 spiro atoms. The van der Waals surface area contributed by atoms with Gasteiger partial charge in [-0.2, -0.15) is 15.1 Å². The van der Waals surface area contributed by atoms with Crippen LogP contribution in [0.3, 0.4) is 0 Å². The normalized spacial score (nSPS) is 15.6. The maximum absolute atomic E-state index is 14.7. The number of rotatable bonds is 3. The van der Waals surface area contributed by atoms with Crippen molar-refractivity contribution in [2.24, 2.45) is 0 Å². The van der Waals surface area contributed by atoms with Crippen LogP contribution in [-0.4, -0.2) is 26.7 Å². The Morgan fingerprint density at radius 3 is 2.72 bits per heavy atom. The highest BCUT2D eigenvalue weighted by molar-refractivity contribution is 6.33. The van der Waals surface area contributed by atoms with Crippen LogP contribution in [-0.2, 0) is 0 Å². The summed E-state index contributed by atoms with van der Waals surface area (Å²) in [5, 5.41) is 4.67. The zero-order valence-electron chi connectivity index (χ0n) is 13.9. The van der Waals surface area contributed by atoms with E-state index in [1.807, 2.05) is 0 Å². The van der Waals surface area contributed by atoms with Crippen molar-refractivity contribution in [1.29, 1.82) is 0 Å². The minimum absolute atomic E-state index is 0.237. The van der Waals surface area contributed by atoms with E-state index in [1.165, 1.54) is 25.9 Å². The van der Waals surface area contributed by atoms with Crippen LogP contribution in [0.15, 0.2) is 24.5 Å². The van der Waals surface area contributed by atoms with Crippen LogP contribution >= 0.6 is 11.6 Å². The van der Waals surface area contributed by atoms with E-state index in [-0.39, 0.29) is 5.92 Å². The summed E-state index contributed by atoms with van der Waals surface area (Å²) < 4.78 is 21.9. The number of ether oxygens (including phenoxy) is 1. The molecule has 0 amide bonds. The molecule has 0 N–H and O–H groups in total. The summed E-state index contributed by atoms with van der Waals surface area (Å²) in [5.74, 6) is 0.617. The first-order valence-electron chi connectivity index (χ1n) is 8.42. The zero-order chi connectivity index (χ0) is 17.4. The molecule has 1 fully saturated rings. The highest BCUT2D eigenvalue weighted by Gasteiger charge is 2.29. The predicted molar refractivity (Wildman–Crippen MR) is 93.6 cm³/mol. The summed E-state index contributed by atoms with van der Waals surface area (Å²) in [4.78, 5) is 8.61. The molecule has 0 bridgehead atoms. The lowest BCUT2D eigenvalue weighted by molar-refractivity contribution is 0.392. The largest absolute Gasteiger partial charge is 0.480 e. The van der Waals surface area contributed by atoms with Crippen molar-refractivity contribution >= 4 is 17.4 Å². The molecular weight excluding hydrogens is 343 g/mol. The zero-order valence-corrected chi connectivity index (χ0v) is 14.6. The van der Waals surface area contributed by atoms with E-state index >= 15 is 0 Å². The van der Waals surface area contributed by atoms with Crippen LogP contribution in [0.5, 0.6) is 5.88 Å². The molecule has 3 aromatic rings. The number of halogens is 2. The van der Waals surface area contributed by atoms with Gasteiger partial charge in [0.2, 0.25) is 5.88 Å². The van der Waals surface area contributed by atoms with E-state index in [0.29, 0.717) is 27.8 Å². The molecule has 25 heavy (non-hydrogen) atoms. The second-order valence-corrected chi connectivity index (χ2v) is 6.69. The standard InChI is InChI=1S/C18H18ClFN4O/c1-25-17-15(14-12(19)8-5-9-13(14)20)16(11-6-3-2-4-7-11)24-18(23-17)21-10-22-24/h5,8-11H,2-4,6-7H2,1H3. The van der Waals surface area contributed by atoms with Gasteiger partial charge in [0.05, 0.1) is 23.4 Å². The molecule has 1 aliphatic rings. The Morgan fingerprint density at radius 2 is 2.00 bits per heavy atom. The van der Waals surface area contributed by atoms with Gasteiger partial charge < -0.3 is 4.74 Å². The highest BCUT2D eigenvalue weighted by Crippen LogP contribution is 2.44. The minimum atomic E-state index is -0.399. The number of fused-ring (bicyclic) bond motifs is 1. The first-order valence-corrected chi connectivity index (χ1v) is 8.80. The topological polar surface area (TPSA) is 52.3 Å². The maximum atomic E-state index is 14.7. The van der Waals surface area contributed by atoms with Crippen molar-refractivity contribution in [3.8, 4) is 17.0 Å². The Hall–Kier alpha value is -2.21. The van der Waals surface area contributed by atoms with Crippen LogP contribution in [0, 0.1) is 5.82 Å². The third kappa shape index (κ3) is 2.74. The lowest BCUT2D eigenvalue weighted by Crippen LogP contribution is -2.14. The summed E-state index contributed by atoms with van der Waals surface area (Å²) in [5.41, 5.74) is 1.77. The SMILES string of the molecule is COc1nc2ncnn2c(C2CCCCC2)c1-c1c(F)cccc1Cl. The molecule has 0 unspecified atom stereocenters. The van der Waals surface area contributed by atoms with Crippen molar-refractivity contribution in [2.45, 2.75) is 38.0 Å². The lowest BCUT2D eigenvalue weighted by Gasteiger charge is -2.25. The van der Waals surface area contributed by atoms with Gasteiger partial charge in [-0.25, -0.2) is 8.91 Å². The third-order valence-electron chi connectivity index (χ3n) is 4.83. The molecule has 1 aromatic carbocycles. The van der Waals surface area contributed by atoms with Gasteiger partial charge in [0, 0.05) is 11.5 Å². The van der Waals surface area contributed by atoms with Crippen molar-refractivity contribution < 1.29 is 9.13 Å². The summed E-state index contributed by atoms with van der Waals surface area (Å²) in [6, 6.07) is 4.67. The lowest BCUT2D eigenvalue weighted by atomic mass is 9.84. The number of aromatic nitrogens is 4. The van der Waals surface area contributed by atoms with E-state index in [1.54, 1.807) is 16.6 Å². The molecule has 5 nitrogen and oxygen atoms in total. The maximum Gasteiger partial charge on any atom is 0.255 e. The fraction of sp³-hybridized carbons (Fsp3) is 0.389. The van der Waals surface area contributed by atoms with Crippen molar-refractivity contribution in [3.05, 3.63) is 41.1 Å². The summed E-state index contributed by atoms with van der Waals surface area (Å²) in [6.45, 7) is 0. The number of benzene rings is 1. The van der Waals surface area contributed by atoms with Crippen LogP contribution < -0.4 is 4.74 Å². The van der Waals surface area contributed by atoms with Gasteiger partial charge in [-0.15, -0.1) is 0 Å². The Labute approximate surface area is 149 Å². The molecule has 2 heterocycles. The number of hydrogen-bond acceptors (Lipinski definition) is 4. The Balaban J connectivity index is 2.07. The van der Waals surface area contributed by atoms with E-state index < -0.39 is 5.82 Å². The second-order valence-electron chi connectivity index (χ2n) is 6.28. The Bertz CT molecular complexity index is 901. The molecule has 4 rings (SSSR count). The molecule has 7 heteroatoms. The van der Waals surface area contributed by atoms with E-state index in [4.69, 9.17) is 16.3 Å². The van der Waals surface area contributed by atoms with Gasteiger partial charge in [-0.05, 0) is 25.0 Å². The number of methoxy groups -OCH3 is 1. The third-order valence-corrected chi connectivity index (χ3v) is 5.14. The molecule has 2 aromatic heterocycles. The summed E-state index contributed by atoms with van der Waals surface area (Å²) in [6.07, 6.45) is 6.98. The fourth-order valence-corrected chi connectivity index (χ4v) is 3.97. The Kier molecular flexibility index (Phi) is 4.29. The smallest absolute Gasteiger partial charge is 0.255 e. The van der Waals surface area contributed by atoms with Crippen molar-refractivity contribution in [1.82, 2.24) is 19.6 Å². The monoisotopic (exact) mass is 360 g/mol. The molecule has 0 aliphatic heterocycles. The van der Waals surface area contributed by atoms with Crippen LogP contribution in [0.2, 0.25) is 5.02 Å². The van der Waals surface area contributed by atoms with Gasteiger partial charge >= 0.3 is 0 Å². The van der Waals surface area contributed by atoms with E-state index in [0.717, 1.165) is 31.4 Å². The van der Waals surface area contributed by atoms with Crippen molar-refractivity contribution in [2.75, 3.05) is 7.11 Å². The number of hydrogen-bond donors (Lipinski definition) is 0. The average molecular weight is 361 g/mol. The van der Waals surface area contributed by atoms with Gasteiger partial charge in [-0.3, -0.25) is 0 Å². The Morgan fingerprint density at radius 1 is 1.20 bits per heavy atom. The summed E-state index contributed by atoms with van der Waals surface area (Å²) in [7, 11) is 1.53. The molecule has 0 saturated heterocycles. The van der Waals surface area contributed by atoms with Crippen molar-refractivity contribution in [3.63, 3.8) is 0 Å². The van der Waals surface area contributed by atoms with Crippen LogP contribution in [0.25, 0.3) is 16.9 Å². The molecule has 1 aliphatic carbocycles. The first kappa shape index (κ1) is 16.3. The fourth-order valence-electron chi connectivity index (χ4n) is 3.72. The van der Waals surface area contributed by atoms with Gasteiger partial charge in [0.15, 0.2) is 0 Å². The number of nitrogens with zero attached hydrogens (tertiary/aromatic N) is 4. The molecule has 1 saturated carbocycles. The molecular formula is C18H18ClFN4O. The second kappa shape index (κ2) is 6.59. The molecule has 0 atom stereocenters. The van der Waals surface area contributed by atoms with Gasteiger partial charge in [0.1, 0.15) is 12.1 Å². The predicted octanol–water partition coefficient (Wildman–Crippen LogP) is 4.64. The van der Waals surface area contributed by atoms with Crippen LogP contribution in [0.1, 0.15) is 43.7 Å². The van der Waals surface area contributed by atoms with Gasteiger partial charge in [0.25, 0.3) is 5.78 Å².